The van der Waals surface area contributed by atoms with Gasteiger partial charge in [-0.15, -0.1) is 0 Å². The topological polar surface area (TPSA) is 86.7 Å². The Morgan fingerprint density at radius 3 is 3.18 bits per heavy atom. The quantitative estimate of drug-likeness (QED) is 0.838. The molecule has 3 rings (SSSR count). The molecule has 3 heterocycles. The molecule has 2 aromatic rings. The van der Waals surface area contributed by atoms with E-state index in [-0.39, 0.29) is 25.2 Å². The van der Waals surface area contributed by atoms with Gasteiger partial charge in [0.25, 0.3) is 0 Å². The van der Waals surface area contributed by atoms with Gasteiger partial charge in [-0.25, -0.2) is 0 Å². The molecule has 7 nitrogen and oxygen atoms in total. The van der Waals surface area contributed by atoms with Gasteiger partial charge in [-0.3, -0.25) is 4.79 Å². The molecular formula is C15H18N2O5. The number of nitrogens with zero attached hydrogens (tertiary/aromatic N) is 1. The van der Waals surface area contributed by atoms with E-state index in [0.717, 1.165) is 19.4 Å². The molecule has 2 aromatic heterocycles. The van der Waals surface area contributed by atoms with Gasteiger partial charge in [0.15, 0.2) is 5.76 Å². The van der Waals surface area contributed by atoms with Crippen LogP contribution in [0.1, 0.15) is 18.5 Å². The van der Waals surface area contributed by atoms with Crippen LogP contribution in [0.15, 0.2) is 33.4 Å². The number of hydrogen-bond acceptors (Lipinski definition) is 6. The fourth-order valence-corrected chi connectivity index (χ4v) is 2.25. The summed E-state index contributed by atoms with van der Waals surface area (Å²) in [6.45, 7) is 1.50. The van der Waals surface area contributed by atoms with Crippen LogP contribution < -0.4 is 5.32 Å². The highest BCUT2D eigenvalue weighted by Crippen LogP contribution is 2.20. The van der Waals surface area contributed by atoms with Crippen LogP contribution in [-0.4, -0.2) is 36.9 Å². The van der Waals surface area contributed by atoms with Gasteiger partial charge in [0.2, 0.25) is 11.7 Å². The molecule has 0 aliphatic carbocycles. The summed E-state index contributed by atoms with van der Waals surface area (Å²) >= 11 is 0. The predicted octanol–water partition coefficient (Wildman–Crippen LogP) is 1.75. The molecule has 1 saturated heterocycles. The minimum absolute atomic E-state index is 0.0182. The highest BCUT2D eigenvalue weighted by Gasteiger charge is 2.16. The first-order valence-corrected chi connectivity index (χ1v) is 7.27. The molecule has 0 aromatic carbocycles. The Labute approximate surface area is 127 Å². The Morgan fingerprint density at radius 1 is 1.45 bits per heavy atom. The van der Waals surface area contributed by atoms with Crippen molar-refractivity contribution in [2.75, 3.05) is 19.8 Å². The zero-order valence-corrected chi connectivity index (χ0v) is 12.1. The molecule has 1 aliphatic heterocycles. The van der Waals surface area contributed by atoms with E-state index >= 15 is 0 Å². The van der Waals surface area contributed by atoms with Crippen LogP contribution in [0.3, 0.4) is 0 Å². The smallest absolute Gasteiger partial charge is 0.246 e. The van der Waals surface area contributed by atoms with Crippen molar-refractivity contribution in [2.24, 2.45) is 0 Å². The Balaban J connectivity index is 1.36. The fourth-order valence-electron chi connectivity index (χ4n) is 2.25. The summed E-state index contributed by atoms with van der Waals surface area (Å²) in [6.07, 6.45) is 3.75. The lowest BCUT2D eigenvalue weighted by Crippen LogP contribution is -2.34. The van der Waals surface area contributed by atoms with E-state index < -0.39 is 0 Å². The van der Waals surface area contributed by atoms with E-state index in [0.29, 0.717) is 23.8 Å². The molecule has 0 bridgehead atoms. The summed E-state index contributed by atoms with van der Waals surface area (Å²) in [7, 11) is 0. The molecule has 1 atom stereocenters. The Hall–Kier alpha value is -2.12. The highest BCUT2D eigenvalue weighted by molar-refractivity contribution is 5.77. The molecule has 1 N–H and O–H groups in total. The number of nitrogens with one attached hydrogen (secondary N) is 1. The van der Waals surface area contributed by atoms with Gasteiger partial charge >= 0.3 is 0 Å². The van der Waals surface area contributed by atoms with Crippen LogP contribution in [0.2, 0.25) is 0 Å². The molecule has 1 amide bonds. The third kappa shape index (κ3) is 3.96. The number of furan rings is 1. The number of carbonyl (C=O) groups is 1. The van der Waals surface area contributed by atoms with E-state index in [2.05, 4.69) is 10.5 Å². The average molecular weight is 306 g/mol. The van der Waals surface area contributed by atoms with Crippen LogP contribution in [0.25, 0.3) is 11.5 Å². The van der Waals surface area contributed by atoms with Crippen molar-refractivity contribution in [3.63, 3.8) is 0 Å². The summed E-state index contributed by atoms with van der Waals surface area (Å²) in [4.78, 5) is 11.6. The number of hydrogen-bond donors (Lipinski definition) is 1. The lowest BCUT2D eigenvalue weighted by atomic mass is 10.2. The number of rotatable bonds is 7. The second-order valence-electron chi connectivity index (χ2n) is 5.09. The lowest BCUT2D eigenvalue weighted by Gasteiger charge is -2.10. The molecule has 7 heteroatoms. The van der Waals surface area contributed by atoms with Crippen molar-refractivity contribution in [1.82, 2.24) is 10.5 Å². The van der Waals surface area contributed by atoms with Crippen molar-refractivity contribution in [1.29, 1.82) is 0 Å². The van der Waals surface area contributed by atoms with Crippen molar-refractivity contribution < 1.29 is 23.2 Å². The Kier molecular flexibility index (Phi) is 4.87. The minimum atomic E-state index is -0.162. The van der Waals surface area contributed by atoms with E-state index in [1.165, 1.54) is 0 Å². The highest BCUT2D eigenvalue weighted by atomic mass is 16.5. The van der Waals surface area contributed by atoms with Crippen LogP contribution in [-0.2, 0) is 20.9 Å². The SMILES string of the molecule is O=C(COCc1cc(-c2ccco2)on1)NC[C@H]1CCCO1. The maximum absolute atomic E-state index is 11.6. The first kappa shape index (κ1) is 14.8. The van der Waals surface area contributed by atoms with Crippen molar-refractivity contribution in [3.8, 4) is 11.5 Å². The number of carbonyl (C=O) groups excluding carboxylic acids is 1. The summed E-state index contributed by atoms with van der Waals surface area (Å²) in [5.41, 5.74) is 0.610. The summed E-state index contributed by atoms with van der Waals surface area (Å²) in [5.74, 6) is 0.977. The van der Waals surface area contributed by atoms with Crippen LogP contribution in [0.4, 0.5) is 0 Å². The Morgan fingerprint density at radius 2 is 2.41 bits per heavy atom. The Bertz CT molecular complexity index is 587. The maximum atomic E-state index is 11.6. The van der Waals surface area contributed by atoms with Crippen LogP contribution in [0.5, 0.6) is 0 Å². The summed E-state index contributed by atoms with van der Waals surface area (Å²) < 4.78 is 21.1. The number of ether oxygens (including phenoxy) is 2. The zero-order valence-electron chi connectivity index (χ0n) is 12.1. The molecule has 0 spiro atoms. The van der Waals surface area contributed by atoms with Gasteiger partial charge in [0.1, 0.15) is 12.3 Å². The van der Waals surface area contributed by atoms with E-state index in [4.69, 9.17) is 18.4 Å². The molecule has 0 saturated carbocycles. The molecule has 118 valence electrons. The van der Waals surface area contributed by atoms with Gasteiger partial charge in [-0.1, -0.05) is 5.16 Å². The largest absolute Gasteiger partial charge is 0.461 e. The minimum Gasteiger partial charge on any atom is -0.461 e. The second-order valence-corrected chi connectivity index (χ2v) is 5.09. The fraction of sp³-hybridized carbons (Fsp3) is 0.467. The van der Waals surface area contributed by atoms with Gasteiger partial charge < -0.3 is 23.7 Å². The van der Waals surface area contributed by atoms with Gasteiger partial charge in [-0.05, 0) is 25.0 Å². The first-order valence-electron chi connectivity index (χ1n) is 7.27. The molecule has 1 fully saturated rings. The molecule has 1 aliphatic rings. The average Bonchev–Trinajstić information content (AvgIpc) is 3.26. The van der Waals surface area contributed by atoms with E-state index in [1.807, 2.05) is 0 Å². The van der Waals surface area contributed by atoms with E-state index in [1.54, 1.807) is 24.5 Å². The summed E-state index contributed by atoms with van der Waals surface area (Å²) in [5, 5.41) is 6.66. The van der Waals surface area contributed by atoms with Crippen molar-refractivity contribution >= 4 is 5.91 Å². The van der Waals surface area contributed by atoms with Crippen LogP contribution in [0, 0.1) is 0 Å². The van der Waals surface area contributed by atoms with Gasteiger partial charge in [0.05, 0.1) is 19.0 Å². The second kappa shape index (κ2) is 7.24. The van der Waals surface area contributed by atoms with E-state index in [9.17, 15) is 4.79 Å². The number of aromatic nitrogens is 1. The third-order valence-electron chi connectivity index (χ3n) is 3.36. The van der Waals surface area contributed by atoms with Gasteiger partial charge in [0, 0.05) is 19.2 Å². The van der Waals surface area contributed by atoms with Crippen LogP contribution >= 0.6 is 0 Å². The summed E-state index contributed by atoms with van der Waals surface area (Å²) in [6, 6.07) is 5.28. The molecular weight excluding hydrogens is 288 g/mol. The third-order valence-corrected chi connectivity index (χ3v) is 3.36. The van der Waals surface area contributed by atoms with Gasteiger partial charge in [-0.2, -0.15) is 0 Å². The molecule has 0 radical (unpaired) electrons. The first-order chi connectivity index (χ1) is 10.8. The monoisotopic (exact) mass is 306 g/mol. The molecule has 0 unspecified atom stereocenters. The normalized spacial score (nSPS) is 17.7. The maximum Gasteiger partial charge on any atom is 0.246 e. The standard InChI is InChI=1S/C15H18N2O5/c18-15(16-8-12-3-1-5-20-12)10-19-9-11-7-14(22-17-11)13-4-2-6-21-13/h2,4,6-7,12H,1,3,5,8-10H2,(H,16,18)/t12-/m1/s1. The lowest BCUT2D eigenvalue weighted by molar-refractivity contribution is -0.126. The molecule has 22 heavy (non-hydrogen) atoms. The predicted molar refractivity (Wildman–Crippen MR) is 75.8 cm³/mol. The number of amides is 1. The zero-order chi connectivity index (χ0) is 15.2. The van der Waals surface area contributed by atoms with Crippen molar-refractivity contribution in [2.45, 2.75) is 25.6 Å². The van der Waals surface area contributed by atoms with Crippen molar-refractivity contribution in [3.05, 3.63) is 30.2 Å².